The van der Waals surface area contributed by atoms with Crippen molar-refractivity contribution in [3.8, 4) is 0 Å². The van der Waals surface area contributed by atoms with Crippen LogP contribution in [0.25, 0.3) is 0 Å². The number of benzene rings is 1. The van der Waals surface area contributed by atoms with Crippen LogP contribution >= 0.6 is 27.3 Å². The quantitative estimate of drug-likeness (QED) is 0.812. The maximum absolute atomic E-state index is 12.3. The maximum atomic E-state index is 12.3. The van der Waals surface area contributed by atoms with Crippen LogP contribution in [0.1, 0.15) is 27.7 Å². The summed E-state index contributed by atoms with van der Waals surface area (Å²) in [6.07, 6.45) is 1.04. The number of thiophene rings is 1. The SMILES string of the molecule is CCc1ccc(CN(C)C(=O)c2sccc2Br)cc1. The van der Waals surface area contributed by atoms with E-state index in [2.05, 4.69) is 47.1 Å². The molecule has 0 saturated heterocycles. The molecule has 1 aromatic heterocycles. The van der Waals surface area contributed by atoms with Crippen molar-refractivity contribution in [1.82, 2.24) is 4.90 Å². The molecule has 0 radical (unpaired) electrons. The first kappa shape index (κ1) is 14.3. The van der Waals surface area contributed by atoms with Crippen LogP contribution in [-0.2, 0) is 13.0 Å². The van der Waals surface area contributed by atoms with E-state index in [0.717, 1.165) is 21.3 Å². The van der Waals surface area contributed by atoms with Gasteiger partial charge in [0, 0.05) is 18.1 Å². The first-order chi connectivity index (χ1) is 9.11. The van der Waals surface area contributed by atoms with Crippen LogP contribution in [0.3, 0.4) is 0 Å². The molecule has 0 unspecified atom stereocenters. The second-order valence-corrected chi connectivity index (χ2v) is 6.20. The lowest BCUT2D eigenvalue weighted by molar-refractivity contribution is 0.0789. The zero-order valence-corrected chi connectivity index (χ0v) is 13.4. The molecule has 2 aromatic rings. The van der Waals surface area contributed by atoms with E-state index in [1.165, 1.54) is 16.9 Å². The molecule has 2 nitrogen and oxygen atoms in total. The van der Waals surface area contributed by atoms with Crippen molar-refractivity contribution in [1.29, 1.82) is 0 Å². The van der Waals surface area contributed by atoms with Gasteiger partial charge in [0.2, 0.25) is 0 Å². The minimum absolute atomic E-state index is 0.0569. The van der Waals surface area contributed by atoms with E-state index >= 15 is 0 Å². The van der Waals surface area contributed by atoms with E-state index in [1.807, 2.05) is 18.5 Å². The molecular weight excluding hydrogens is 322 g/mol. The van der Waals surface area contributed by atoms with Gasteiger partial charge in [-0.1, -0.05) is 31.2 Å². The number of rotatable bonds is 4. The van der Waals surface area contributed by atoms with Gasteiger partial charge in [0.05, 0.1) is 0 Å². The number of carbonyl (C=O) groups excluding carboxylic acids is 1. The summed E-state index contributed by atoms with van der Waals surface area (Å²) < 4.78 is 0.871. The fourth-order valence-electron chi connectivity index (χ4n) is 1.85. The van der Waals surface area contributed by atoms with Crippen molar-refractivity contribution in [3.05, 3.63) is 56.2 Å². The third kappa shape index (κ3) is 3.45. The minimum atomic E-state index is 0.0569. The third-order valence-electron chi connectivity index (χ3n) is 3.01. The predicted molar refractivity (Wildman–Crippen MR) is 83.6 cm³/mol. The largest absolute Gasteiger partial charge is 0.337 e. The van der Waals surface area contributed by atoms with Crippen LogP contribution in [0.15, 0.2) is 40.2 Å². The standard InChI is InChI=1S/C15H16BrNOS/c1-3-11-4-6-12(7-5-11)10-17(2)15(18)14-13(16)8-9-19-14/h4-9H,3,10H2,1-2H3. The van der Waals surface area contributed by atoms with Crippen LogP contribution in [0.5, 0.6) is 0 Å². The second-order valence-electron chi connectivity index (χ2n) is 4.43. The molecule has 0 spiro atoms. The van der Waals surface area contributed by atoms with Crippen molar-refractivity contribution in [2.75, 3.05) is 7.05 Å². The zero-order valence-electron chi connectivity index (χ0n) is 11.0. The fourth-order valence-corrected chi connectivity index (χ4v) is 3.38. The van der Waals surface area contributed by atoms with E-state index in [1.54, 1.807) is 4.90 Å². The van der Waals surface area contributed by atoms with Gasteiger partial charge in [0.1, 0.15) is 4.88 Å². The van der Waals surface area contributed by atoms with Crippen LogP contribution in [-0.4, -0.2) is 17.9 Å². The van der Waals surface area contributed by atoms with Gasteiger partial charge in [-0.2, -0.15) is 0 Å². The van der Waals surface area contributed by atoms with Crippen molar-refractivity contribution in [2.45, 2.75) is 19.9 Å². The summed E-state index contributed by atoms with van der Waals surface area (Å²) in [4.78, 5) is 14.8. The van der Waals surface area contributed by atoms with Gasteiger partial charge in [0.25, 0.3) is 5.91 Å². The van der Waals surface area contributed by atoms with E-state index in [-0.39, 0.29) is 5.91 Å². The molecular formula is C15H16BrNOS. The lowest BCUT2D eigenvalue weighted by Gasteiger charge is -2.17. The average Bonchev–Trinajstić information content (AvgIpc) is 2.85. The summed E-state index contributed by atoms with van der Waals surface area (Å²) in [6.45, 7) is 2.77. The summed E-state index contributed by atoms with van der Waals surface area (Å²) in [6, 6.07) is 10.3. The Morgan fingerprint density at radius 2 is 1.84 bits per heavy atom. The van der Waals surface area contributed by atoms with Gasteiger partial charge in [-0.15, -0.1) is 11.3 Å². The Kier molecular flexibility index (Phi) is 4.77. The van der Waals surface area contributed by atoms with Crippen molar-refractivity contribution in [3.63, 3.8) is 0 Å². The van der Waals surface area contributed by atoms with Gasteiger partial charge in [-0.3, -0.25) is 4.79 Å². The number of aryl methyl sites for hydroxylation is 1. The fraction of sp³-hybridized carbons (Fsp3) is 0.267. The summed E-state index contributed by atoms with van der Waals surface area (Å²) in [5, 5.41) is 1.92. The number of nitrogens with zero attached hydrogens (tertiary/aromatic N) is 1. The molecule has 0 bridgehead atoms. The molecule has 1 aromatic carbocycles. The molecule has 0 aliphatic heterocycles. The van der Waals surface area contributed by atoms with Crippen molar-refractivity contribution in [2.24, 2.45) is 0 Å². The first-order valence-electron chi connectivity index (χ1n) is 6.18. The summed E-state index contributed by atoms with van der Waals surface area (Å²) in [5.41, 5.74) is 2.47. The van der Waals surface area contributed by atoms with E-state index in [9.17, 15) is 4.79 Å². The molecule has 19 heavy (non-hydrogen) atoms. The highest BCUT2D eigenvalue weighted by atomic mass is 79.9. The average molecular weight is 338 g/mol. The number of hydrogen-bond acceptors (Lipinski definition) is 2. The Morgan fingerprint density at radius 1 is 1.21 bits per heavy atom. The van der Waals surface area contributed by atoms with Gasteiger partial charge < -0.3 is 4.90 Å². The Morgan fingerprint density at radius 3 is 2.37 bits per heavy atom. The van der Waals surface area contributed by atoms with Gasteiger partial charge in [-0.05, 0) is 44.9 Å². The van der Waals surface area contributed by atoms with E-state index < -0.39 is 0 Å². The van der Waals surface area contributed by atoms with Crippen LogP contribution in [0.4, 0.5) is 0 Å². The maximum Gasteiger partial charge on any atom is 0.265 e. The predicted octanol–water partition coefficient (Wildman–Crippen LogP) is 4.35. The molecule has 0 saturated carbocycles. The van der Waals surface area contributed by atoms with Crippen molar-refractivity contribution < 1.29 is 4.79 Å². The Bertz CT molecular complexity index is 562. The molecule has 0 aliphatic rings. The highest BCUT2D eigenvalue weighted by Crippen LogP contribution is 2.24. The van der Waals surface area contributed by atoms with Crippen molar-refractivity contribution >= 4 is 33.2 Å². The van der Waals surface area contributed by atoms with E-state index in [4.69, 9.17) is 0 Å². The normalized spacial score (nSPS) is 10.5. The molecule has 0 fully saturated rings. The van der Waals surface area contributed by atoms with Gasteiger partial charge in [-0.25, -0.2) is 0 Å². The third-order valence-corrected chi connectivity index (χ3v) is 4.83. The molecule has 0 atom stereocenters. The van der Waals surface area contributed by atoms with Gasteiger partial charge >= 0.3 is 0 Å². The number of carbonyl (C=O) groups is 1. The first-order valence-corrected chi connectivity index (χ1v) is 7.85. The Hall–Kier alpha value is -1.13. The van der Waals surface area contributed by atoms with Crippen LogP contribution in [0.2, 0.25) is 0 Å². The van der Waals surface area contributed by atoms with Crippen LogP contribution < -0.4 is 0 Å². The smallest absolute Gasteiger partial charge is 0.265 e. The molecule has 4 heteroatoms. The van der Waals surface area contributed by atoms with Crippen LogP contribution in [0, 0.1) is 0 Å². The molecule has 1 amide bonds. The van der Waals surface area contributed by atoms with E-state index in [0.29, 0.717) is 6.54 Å². The number of amides is 1. The summed E-state index contributed by atoms with van der Waals surface area (Å²) in [7, 11) is 1.84. The molecule has 100 valence electrons. The summed E-state index contributed by atoms with van der Waals surface area (Å²) >= 11 is 4.87. The minimum Gasteiger partial charge on any atom is -0.337 e. The lowest BCUT2D eigenvalue weighted by Crippen LogP contribution is -2.25. The topological polar surface area (TPSA) is 20.3 Å². The number of halogens is 1. The Labute approximate surface area is 126 Å². The monoisotopic (exact) mass is 337 g/mol. The summed E-state index contributed by atoms with van der Waals surface area (Å²) in [5.74, 6) is 0.0569. The van der Waals surface area contributed by atoms with Gasteiger partial charge in [0.15, 0.2) is 0 Å². The zero-order chi connectivity index (χ0) is 13.8. The number of hydrogen-bond donors (Lipinski definition) is 0. The molecule has 1 heterocycles. The molecule has 0 N–H and O–H groups in total. The molecule has 2 rings (SSSR count). The lowest BCUT2D eigenvalue weighted by atomic mass is 10.1. The highest BCUT2D eigenvalue weighted by molar-refractivity contribution is 9.10. The molecule has 0 aliphatic carbocycles. The Balaban J connectivity index is 2.06. The highest BCUT2D eigenvalue weighted by Gasteiger charge is 2.16. The second kappa shape index (κ2) is 6.35.